The normalized spacial score (nSPS) is 10.3. The molecular formula is C16H13ClN4O2. The molecule has 1 amide bonds. The highest BCUT2D eigenvalue weighted by atomic mass is 35.5. The molecule has 0 aliphatic heterocycles. The number of pyridine rings is 1. The molecule has 1 aromatic carbocycles. The number of halogens is 1. The molecule has 2 heterocycles. The number of imidazole rings is 1. The number of ether oxygens (including phenoxy) is 1. The Balaban J connectivity index is 1.65. The quantitative estimate of drug-likeness (QED) is 0.752. The van der Waals surface area contributed by atoms with E-state index in [9.17, 15) is 4.79 Å². The third kappa shape index (κ3) is 4.08. The predicted molar refractivity (Wildman–Crippen MR) is 86.7 cm³/mol. The van der Waals surface area contributed by atoms with Gasteiger partial charge in [-0.3, -0.25) is 9.78 Å². The van der Waals surface area contributed by atoms with Crippen LogP contribution in [0.25, 0.3) is 0 Å². The summed E-state index contributed by atoms with van der Waals surface area (Å²) in [6, 6.07) is 8.52. The van der Waals surface area contributed by atoms with E-state index < -0.39 is 0 Å². The van der Waals surface area contributed by atoms with Gasteiger partial charge in [-0.2, -0.15) is 0 Å². The lowest BCUT2D eigenvalue weighted by atomic mass is 10.3. The third-order valence-corrected chi connectivity index (χ3v) is 3.27. The molecule has 23 heavy (non-hydrogen) atoms. The Hall–Kier alpha value is -2.86. The molecule has 0 bridgehead atoms. The summed E-state index contributed by atoms with van der Waals surface area (Å²) in [4.78, 5) is 22.7. The van der Waals surface area contributed by atoms with Crippen LogP contribution in [0.4, 0.5) is 5.69 Å². The molecule has 7 heteroatoms. The fourth-order valence-corrected chi connectivity index (χ4v) is 2.17. The van der Waals surface area contributed by atoms with Crippen molar-refractivity contribution in [1.82, 2.24) is 15.0 Å². The summed E-state index contributed by atoms with van der Waals surface area (Å²) in [5.41, 5.74) is 0.591. The second kappa shape index (κ2) is 6.93. The van der Waals surface area contributed by atoms with Gasteiger partial charge in [-0.1, -0.05) is 11.6 Å². The Morgan fingerprint density at radius 3 is 2.74 bits per heavy atom. The maximum Gasteiger partial charge on any atom is 0.231 e. The first-order valence-corrected chi connectivity index (χ1v) is 7.24. The van der Waals surface area contributed by atoms with E-state index in [1.165, 1.54) is 0 Å². The molecule has 2 N–H and O–H groups in total. The Morgan fingerprint density at radius 1 is 1.22 bits per heavy atom. The maximum absolute atomic E-state index is 11.9. The average Bonchev–Trinajstić information content (AvgIpc) is 3.04. The number of nitrogens with zero attached hydrogens (tertiary/aromatic N) is 2. The Kier molecular flexibility index (Phi) is 4.54. The van der Waals surface area contributed by atoms with Gasteiger partial charge in [0.2, 0.25) is 5.91 Å². The number of H-pyrrole nitrogens is 1. The lowest BCUT2D eigenvalue weighted by molar-refractivity contribution is -0.115. The third-order valence-electron chi connectivity index (χ3n) is 2.98. The lowest BCUT2D eigenvalue weighted by Gasteiger charge is -2.09. The first-order valence-electron chi connectivity index (χ1n) is 6.86. The molecule has 0 saturated heterocycles. The van der Waals surface area contributed by atoms with E-state index in [1.54, 1.807) is 55.1 Å². The van der Waals surface area contributed by atoms with Crippen LogP contribution in [0, 0.1) is 0 Å². The number of rotatable bonds is 5. The number of hydrogen-bond acceptors (Lipinski definition) is 4. The summed E-state index contributed by atoms with van der Waals surface area (Å²) in [5.74, 6) is 1.56. The highest BCUT2D eigenvalue weighted by Crippen LogP contribution is 2.31. The molecule has 0 radical (unpaired) electrons. The summed E-state index contributed by atoms with van der Waals surface area (Å²) in [7, 11) is 0. The topological polar surface area (TPSA) is 79.9 Å². The first-order chi connectivity index (χ1) is 11.2. The molecule has 116 valence electrons. The van der Waals surface area contributed by atoms with Gasteiger partial charge < -0.3 is 15.0 Å². The van der Waals surface area contributed by atoms with Crippen LogP contribution < -0.4 is 10.1 Å². The summed E-state index contributed by atoms with van der Waals surface area (Å²) in [6.07, 6.45) is 6.70. The van der Waals surface area contributed by atoms with Crippen molar-refractivity contribution in [1.29, 1.82) is 0 Å². The summed E-state index contributed by atoms with van der Waals surface area (Å²) >= 11 is 6.20. The van der Waals surface area contributed by atoms with Crippen molar-refractivity contribution in [2.75, 3.05) is 5.32 Å². The maximum atomic E-state index is 11.9. The number of hydrogen-bond donors (Lipinski definition) is 2. The minimum atomic E-state index is -0.182. The number of nitrogens with one attached hydrogen (secondary N) is 2. The zero-order valence-corrected chi connectivity index (χ0v) is 12.7. The van der Waals surface area contributed by atoms with Crippen LogP contribution >= 0.6 is 11.6 Å². The molecule has 0 spiro atoms. The molecule has 6 nitrogen and oxygen atoms in total. The van der Waals surface area contributed by atoms with E-state index in [-0.39, 0.29) is 12.3 Å². The largest absolute Gasteiger partial charge is 0.456 e. The van der Waals surface area contributed by atoms with Gasteiger partial charge in [-0.25, -0.2) is 4.98 Å². The Morgan fingerprint density at radius 2 is 2.04 bits per heavy atom. The number of amides is 1. The highest BCUT2D eigenvalue weighted by Gasteiger charge is 2.09. The summed E-state index contributed by atoms with van der Waals surface area (Å²) < 4.78 is 5.65. The molecule has 0 saturated carbocycles. The Bertz CT molecular complexity index is 791. The van der Waals surface area contributed by atoms with Crippen molar-refractivity contribution in [2.45, 2.75) is 6.42 Å². The molecule has 0 aliphatic rings. The lowest BCUT2D eigenvalue weighted by Crippen LogP contribution is -2.15. The van der Waals surface area contributed by atoms with E-state index in [4.69, 9.17) is 16.3 Å². The minimum absolute atomic E-state index is 0.167. The molecule has 3 aromatic rings. The van der Waals surface area contributed by atoms with Crippen molar-refractivity contribution in [2.24, 2.45) is 0 Å². The van der Waals surface area contributed by atoms with Crippen molar-refractivity contribution in [3.05, 3.63) is 66.0 Å². The van der Waals surface area contributed by atoms with Crippen LogP contribution in [0.1, 0.15) is 5.82 Å². The zero-order valence-electron chi connectivity index (χ0n) is 12.0. The molecule has 0 fully saturated rings. The minimum Gasteiger partial charge on any atom is -0.456 e. The average molecular weight is 329 g/mol. The predicted octanol–water partition coefficient (Wildman–Crippen LogP) is 3.43. The van der Waals surface area contributed by atoms with Gasteiger partial charge in [0.15, 0.2) is 0 Å². The number of carbonyl (C=O) groups excluding carboxylic acids is 1. The van der Waals surface area contributed by atoms with Crippen LogP contribution in [0.3, 0.4) is 0 Å². The van der Waals surface area contributed by atoms with Gasteiger partial charge in [0.05, 0.1) is 11.4 Å². The van der Waals surface area contributed by atoms with Crippen LogP contribution in [0.15, 0.2) is 55.1 Å². The van der Waals surface area contributed by atoms with E-state index in [1.807, 2.05) is 0 Å². The molecular weight excluding hydrogens is 316 g/mol. The van der Waals surface area contributed by atoms with Gasteiger partial charge in [0.25, 0.3) is 0 Å². The smallest absolute Gasteiger partial charge is 0.231 e. The van der Waals surface area contributed by atoms with E-state index >= 15 is 0 Å². The number of aromatic nitrogens is 3. The molecule has 0 atom stereocenters. The second-order valence-electron chi connectivity index (χ2n) is 4.69. The molecule has 0 unspecified atom stereocenters. The molecule has 0 aliphatic carbocycles. The number of aromatic amines is 1. The summed E-state index contributed by atoms with van der Waals surface area (Å²) in [5, 5.41) is 3.16. The SMILES string of the molecule is O=C(Cc1ncc[nH]1)Nc1ccc(Oc2ccncc2)c(Cl)c1. The monoisotopic (exact) mass is 328 g/mol. The van der Waals surface area contributed by atoms with Crippen molar-refractivity contribution >= 4 is 23.2 Å². The fourth-order valence-electron chi connectivity index (χ4n) is 1.95. The van der Waals surface area contributed by atoms with Crippen LogP contribution in [0.5, 0.6) is 11.5 Å². The summed E-state index contributed by atoms with van der Waals surface area (Å²) in [6.45, 7) is 0. The number of anilines is 1. The first kappa shape index (κ1) is 15.1. The van der Waals surface area contributed by atoms with Crippen molar-refractivity contribution in [3.63, 3.8) is 0 Å². The van der Waals surface area contributed by atoms with Crippen molar-refractivity contribution < 1.29 is 9.53 Å². The van der Waals surface area contributed by atoms with Gasteiger partial charge >= 0.3 is 0 Å². The second-order valence-corrected chi connectivity index (χ2v) is 5.10. The fraction of sp³-hybridized carbons (Fsp3) is 0.0625. The van der Waals surface area contributed by atoms with Gasteiger partial charge in [-0.05, 0) is 30.3 Å². The molecule has 3 rings (SSSR count). The van der Waals surface area contributed by atoms with Gasteiger partial charge in [0, 0.05) is 30.5 Å². The highest BCUT2D eigenvalue weighted by molar-refractivity contribution is 6.32. The van der Waals surface area contributed by atoms with E-state index in [0.29, 0.717) is 28.0 Å². The van der Waals surface area contributed by atoms with Crippen molar-refractivity contribution in [3.8, 4) is 11.5 Å². The zero-order chi connectivity index (χ0) is 16.1. The van der Waals surface area contributed by atoms with Crippen LogP contribution in [-0.2, 0) is 11.2 Å². The standard InChI is InChI=1S/C16H13ClN4O2/c17-13-9-11(21-16(22)10-15-19-7-8-20-15)1-2-14(13)23-12-3-5-18-6-4-12/h1-9H,10H2,(H,19,20)(H,21,22). The van der Waals surface area contributed by atoms with Gasteiger partial charge in [-0.15, -0.1) is 0 Å². The molecule has 2 aromatic heterocycles. The number of benzene rings is 1. The Labute approximate surface area is 137 Å². The van der Waals surface area contributed by atoms with E-state index in [2.05, 4.69) is 20.3 Å². The number of carbonyl (C=O) groups is 1. The van der Waals surface area contributed by atoms with E-state index in [0.717, 1.165) is 0 Å². The van der Waals surface area contributed by atoms with Gasteiger partial charge in [0.1, 0.15) is 17.3 Å². The van der Waals surface area contributed by atoms with Crippen LogP contribution in [0.2, 0.25) is 5.02 Å². The van der Waals surface area contributed by atoms with Crippen LogP contribution in [-0.4, -0.2) is 20.9 Å².